The topological polar surface area (TPSA) is 80.0 Å². The molecule has 7 nitrogen and oxygen atoms in total. The Balaban J connectivity index is 2.09. The van der Waals surface area contributed by atoms with Crippen LogP contribution in [0.4, 0.5) is 5.69 Å². The molecule has 1 heterocycles. The van der Waals surface area contributed by atoms with Gasteiger partial charge in [-0.15, -0.1) is 0 Å². The second kappa shape index (κ2) is 5.55. The van der Waals surface area contributed by atoms with E-state index in [9.17, 15) is 10.1 Å². The zero-order valence-electron chi connectivity index (χ0n) is 10.9. The molecule has 0 bridgehead atoms. The maximum Gasteiger partial charge on any atom is 0.311 e. The van der Waals surface area contributed by atoms with Crippen LogP contribution in [0, 0.1) is 10.1 Å². The van der Waals surface area contributed by atoms with E-state index in [4.69, 9.17) is 4.74 Å². The molecule has 102 valence electrons. The first-order valence-electron chi connectivity index (χ1n) is 5.92. The number of benzene rings is 1. The average Bonchev–Trinajstić information content (AvgIpc) is 2.81. The lowest BCUT2D eigenvalue weighted by molar-refractivity contribution is -0.385. The predicted octanol–water partition coefficient (Wildman–Crippen LogP) is 0.994. The van der Waals surface area contributed by atoms with Gasteiger partial charge >= 0.3 is 5.69 Å². The Hall–Kier alpha value is -2.31. The largest absolute Gasteiger partial charge is 0.490 e. The smallest absolute Gasteiger partial charge is 0.311 e. The fourth-order valence-electron chi connectivity index (χ4n) is 1.89. The van der Waals surface area contributed by atoms with Gasteiger partial charge in [0.2, 0.25) is 0 Å². The summed E-state index contributed by atoms with van der Waals surface area (Å²) in [5.41, 5.74) is 0.791. The summed E-state index contributed by atoms with van der Waals surface area (Å²) in [6.45, 7) is 2.17. The van der Waals surface area contributed by atoms with E-state index in [-0.39, 0.29) is 11.4 Å². The van der Waals surface area contributed by atoms with Crippen molar-refractivity contribution in [1.82, 2.24) is 10.2 Å². The zero-order valence-corrected chi connectivity index (χ0v) is 10.9. The molecule has 1 N–H and O–H groups in total. The molecule has 0 atom stereocenters. The zero-order chi connectivity index (χ0) is 13.8. The van der Waals surface area contributed by atoms with Crippen molar-refractivity contribution in [2.75, 3.05) is 27.2 Å². The van der Waals surface area contributed by atoms with Gasteiger partial charge in [0.25, 0.3) is 0 Å². The first kappa shape index (κ1) is 13.1. The van der Waals surface area contributed by atoms with E-state index in [0.717, 1.165) is 24.6 Å². The van der Waals surface area contributed by atoms with Crippen LogP contribution in [0.2, 0.25) is 0 Å². The predicted molar refractivity (Wildman–Crippen MR) is 71.4 cm³/mol. The normalized spacial score (nSPS) is 14.2. The lowest BCUT2D eigenvalue weighted by Crippen LogP contribution is -2.35. The second-order valence-corrected chi connectivity index (χ2v) is 4.24. The molecule has 2 rings (SSSR count). The van der Waals surface area contributed by atoms with E-state index >= 15 is 0 Å². The van der Waals surface area contributed by atoms with Crippen molar-refractivity contribution < 1.29 is 9.66 Å². The highest BCUT2D eigenvalue weighted by Crippen LogP contribution is 2.27. The van der Waals surface area contributed by atoms with Crippen LogP contribution in [0.25, 0.3) is 0 Å². The molecule has 7 heteroatoms. The van der Waals surface area contributed by atoms with Crippen LogP contribution in [0.15, 0.2) is 23.2 Å². The summed E-state index contributed by atoms with van der Waals surface area (Å²) in [6, 6.07) is 4.92. The highest BCUT2D eigenvalue weighted by atomic mass is 16.6. The summed E-state index contributed by atoms with van der Waals surface area (Å²) < 4.78 is 4.96. The average molecular weight is 264 g/mol. The van der Waals surface area contributed by atoms with E-state index in [1.54, 1.807) is 12.1 Å². The molecule has 19 heavy (non-hydrogen) atoms. The molecule has 1 aromatic rings. The molecule has 0 fully saturated rings. The van der Waals surface area contributed by atoms with Gasteiger partial charge in [-0.25, -0.2) is 0 Å². The van der Waals surface area contributed by atoms with Gasteiger partial charge in [0, 0.05) is 26.2 Å². The number of methoxy groups -OCH3 is 1. The third kappa shape index (κ3) is 2.93. The van der Waals surface area contributed by atoms with E-state index in [1.165, 1.54) is 13.2 Å². The quantitative estimate of drug-likeness (QED) is 0.648. The maximum atomic E-state index is 10.9. The summed E-state index contributed by atoms with van der Waals surface area (Å²) in [5.74, 6) is 1.09. The molecular weight excluding hydrogens is 248 g/mol. The third-order valence-corrected chi connectivity index (χ3v) is 2.95. The van der Waals surface area contributed by atoms with Crippen LogP contribution in [0.5, 0.6) is 5.75 Å². The summed E-state index contributed by atoms with van der Waals surface area (Å²) in [6.07, 6.45) is 0. The molecule has 1 aliphatic heterocycles. The molecule has 0 radical (unpaired) electrons. The number of ether oxygens (including phenoxy) is 1. The Morgan fingerprint density at radius 2 is 2.37 bits per heavy atom. The number of hydrogen-bond acceptors (Lipinski definition) is 6. The second-order valence-electron chi connectivity index (χ2n) is 4.24. The van der Waals surface area contributed by atoms with Crippen molar-refractivity contribution in [2.45, 2.75) is 6.54 Å². The number of nitrogens with one attached hydrogen (secondary N) is 1. The minimum Gasteiger partial charge on any atom is -0.490 e. The van der Waals surface area contributed by atoms with Gasteiger partial charge in [-0.2, -0.15) is 0 Å². The number of hydrogen-bond donors (Lipinski definition) is 1. The lowest BCUT2D eigenvalue weighted by Gasteiger charge is -2.15. The molecule has 0 saturated carbocycles. The van der Waals surface area contributed by atoms with Crippen molar-refractivity contribution >= 4 is 11.6 Å². The highest BCUT2D eigenvalue weighted by molar-refractivity contribution is 5.81. The fourth-order valence-corrected chi connectivity index (χ4v) is 1.89. The summed E-state index contributed by atoms with van der Waals surface area (Å²) in [5, 5.41) is 14.1. The van der Waals surface area contributed by atoms with E-state index in [0.29, 0.717) is 6.54 Å². The molecule has 0 aromatic heterocycles. The van der Waals surface area contributed by atoms with Crippen LogP contribution >= 0.6 is 0 Å². The van der Waals surface area contributed by atoms with E-state index < -0.39 is 4.92 Å². The van der Waals surface area contributed by atoms with Crippen LogP contribution in [-0.2, 0) is 6.54 Å². The Bertz CT molecular complexity index is 516. The van der Waals surface area contributed by atoms with Gasteiger partial charge in [-0.3, -0.25) is 15.1 Å². The van der Waals surface area contributed by atoms with Gasteiger partial charge in [0.1, 0.15) is 0 Å². The number of aliphatic imine (C=N–C) groups is 1. The molecule has 0 amide bonds. The van der Waals surface area contributed by atoms with Crippen molar-refractivity contribution in [2.24, 2.45) is 4.99 Å². The third-order valence-electron chi connectivity index (χ3n) is 2.95. The highest BCUT2D eigenvalue weighted by Gasteiger charge is 2.16. The van der Waals surface area contributed by atoms with Crippen LogP contribution < -0.4 is 10.1 Å². The summed E-state index contributed by atoms with van der Waals surface area (Å²) in [7, 11) is 3.37. The number of nitrogens with zero attached hydrogens (tertiary/aromatic N) is 3. The number of likely N-dealkylation sites (N-methyl/N-ethyl adjacent to an activating group) is 1. The number of guanidine groups is 1. The van der Waals surface area contributed by atoms with E-state index in [1.807, 2.05) is 11.9 Å². The van der Waals surface area contributed by atoms with Crippen molar-refractivity contribution in [3.05, 3.63) is 33.9 Å². The first-order valence-corrected chi connectivity index (χ1v) is 5.92. The molecule has 0 unspecified atom stereocenters. The Morgan fingerprint density at radius 3 is 2.95 bits per heavy atom. The summed E-state index contributed by atoms with van der Waals surface area (Å²) in [4.78, 5) is 16.8. The lowest BCUT2D eigenvalue weighted by atomic mass is 10.2. The fraction of sp³-hybridized carbons (Fsp3) is 0.417. The van der Waals surface area contributed by atoms with Crippen molar-refractivity contribution in [1.29, 1.82) is 0 Å². The SMILES string of the molecule is COc1ccc(CNC2=NCCN2C)cc1[N+](=O)[O-]. The molecular formula is C12H16N4O3. The van der Waals surface area contributed by atoms with Gasteiger partial charge in [-0.05, 0) is 11.6 Å². The van der Waals surface area contributed by atoms with Gasteiger partial charge < -0.3 is 15.0 Å². The van der Waals surface area contributed by atoms with Gasteiger partial charge in [-0.1, -0.05) is 6.07 Å². The number of rotatable bonds is 4. The molecule has 1 aliphatic rings. The first-order chi connectivity index (χ1) is 9.11. The van der Waals surface area contributed by atoms with Crippen LogP contribution in [0.3, 0.4) is 0 Å². The standard InChI is InChI=1S/C12H16N4O3/c1-15-6-5-13-12(15)14-8-9-3-4-11(19-2)10(7-9)16(17)18/h3-4,7H,5-6,8H2,1-2H3,(H,13,14). The molecule has 0 spiro atoms. The summed E-state index contributed by atoms with van der Waals surface area (Å²) >= 11 is 0. The van der Waals surface area contributed by atoms with Gasteiger partial charge in [0.05, 0.1) is 18.6 Å². The monoisotopic (exact) mass is 264 g/mol. The van der Waals surface area contributed by atoms with Gasteiger partial charge in [0.15, 0.2) is 11.7 Å². The van der Waals surface area contributed by atoms with Crippen molar-refractivity contribution in [3.8, 4) is 5.75 Å². The minimum atomic E-state index is -0.443. The van der Waals surface area contributed by atoms with Crippen LogP contribution in [0.1, 0.15) is 5.56 Å². The maximum absolute atomic E-state index is 10.9. The number of nitro groups is 1. The van der Waals surface area contributed by atoms with Crippen molar-refractivity contribution in [3.63, 3.8) is 0 Å². The Morgan fingerprint density at radius 1 is 1.58 bits per heavy atom. The van der Waals surface area contributed by atoms with Crippen LogP contribution in [-0.4, -0.2) is 43.0 Å². The minimum absolute atomic E-state index is 0.0245. The Labute approximate surface area is 111 Å². The molecule has 0 aliphatic carbocycles. The molecule has 0 saturated heterocycles. The Kier molecular flexibility index (Phi) is 3.84. The molecule has 1 aromatic carbocycles. The number of nitro benzene ring substituents is 1. The van der Waals surface area contributed by atoms with E-state index in [2.05, 4.69) is 10.3 Å².